The van der Waals surface area contributed by atoms with Crippen molar-refractivity contribution < 1.29 is 14.3 Å². The van der Waals surface area contributed by atoms with E-state index in [4.69, 9.17) is 9.47 Å². The second kappa shape index (κ2) is 8.74. The summed E-state index contributed by atoms with van der Waals surface area (Å²) in [5.41, 5.74) is 1.38. The number of carbonyl (C=O) groups excluding carboxylic acids is 1. The van der Waals surface area contributed by atoms with Crippen LogP contribution in [0.3, 0.4) is 0 Å². The average molecular weight is 372 g/mol. The van der Waals surface area contributed by atoms with Gasteiger partial charge in [0.25, 0.3) is 5.91 Å². The van der Waals surface area contributed by atoms with Gasteiger partial charge in [-0.1, -0.05) is 30.3 Å². The van der Waals surface area contributed by atoms with E-state index >= 15 is 0 Å². The number of hydrogen-bond acceptors (Lipinski definition) is 4. The van der Waals surface area contributed by atoms with Crippen LogP contribution in [0.2, 0.25) is 0 Å². The number of benzene rings is 3. The minimum Gasteiger partial charge on any atom is -0.497 e. The van der Waals surface area contributed by atoms with Crippen LogP contribution >= 0.6 is 0 Å². The highest BCUT2D eigenvalue weighted by Crippen LogP contribution is 2.30. The van der Waals surface area contributed by atoms with Crippen molar-refractivity contribution in [3.05, 3.63) is 71.8 Å². The normalized spacial score (nSPS) is 11.0. The molecule has 3 aromatic rings. The number of hydrogen-bond donors (Lipinski definition) is 1. The number of carbonyl (C=O) groups is 1. The topological polar surface area (TPSA) is 71.3 Å². The molecule has 0 bridgehead atoms. The molecule has 0 aliphatic carbocycles. The lowest BCUT2D eigenvalue weighted by atomic mass is 10.0. The molecule has 0 heterocycles. The SMILES string of the molecule is CCOc1ccc(/C=C(/C#N)C(=O)Nc2ccc(OC)cc2)c2ccccc12. The van der Waals surface area contributed by atoms with Crippen molar-refractivity contribution in [1.82, 2.24) is 0 Å². The number of methoxy groups -OCH3 is 1. The Morgan fingerprint density at radius 3 is 2.43 bits per heavy atom. The number of nitrogens with zero attached hydrogens (tertiary/aromatic N) is 1. The highest BCUT2D eigenvalue weighted by atomic mass is 16.5. The number of ether oxygens (including phenoxy) is 2. The number of amides is 1. The van der Waals surface area contributed by atoms with Gasteiger partial charge in [0.2, 0.25) is 0 Å². The van der Waals surface area contributed by atoms with Crippen molar-refractivity contribution in [2.24, 2.45) is 0 Å². The van der Waals surface area contributed by atoms with Gasteiger partial charge in [0.05, 0.1) is 13.7 Å². The number of rotatable bonds is 6. The lowest BCUT2D eigenvalue weighted by Gasteiger charge is -2.10. The summed E-state index contributed by atoms with van der Waals surface area (Å²) in [4.78, 5) is 12.6. The van der Waals surface area contributed by atoms with Crippen LogP contribution in [0.25, 0.3) is 16.8 Å². The summed E-state index contributed by atoms with van der Waals surface area (Å²) < 4.78 is 10.8. The summed E-state index contributed by atoms with van der Waals surface area (Å²) in [5.74, 6) is 0.997. The third kappa shape index (κ3) is 4.13. The Hall–Kier alpha value is -3.78. The molecule has 0 saturated heterocycles. The molecule has 140 valence electrons. The standard InChI is InChI=1S/C23H20N2O3/c1-3-28-22-13-8-16(20-6-4-5-7-21(20)22)14-17(15-24)23(26)25-18-9-11-19(27-2)12-10-18/h4-14H,3H2,1-2H3,(H,25,26)/b17-14-. The van der Waals surface area contributed by atoms with Crippen LogP contribution in [-0.4, -0.2) is 19.6 Å². The molecule has 0 radical (unpaired) electrons. The first-order chi connectivity index (χ1) is 13.7. The quantitative estimate of drug-likeness (QED) is 0.499. The highest BCUT2D eigenvalue weighted by molar-refractivity contribution is 6.11. The number of nitriles is 1. The zero-order valence-corrected chi connectivity index (χ0v) is 15.7. The summed E-state index contributed by atoms with van der Waals surface area (Å²) >= 11 is 0. The molecule has 3 aromatic carbocycles. The molecule has 5 heteroatoms. The van der Waals surface area contributed by atoms with Gasteiger partial charge >= 0.3 is 0 Å². The summed E-state index contributed by atoms with van der Waals surface area (Å²) in [5, 5.41) is 14.1. The summed E-state index contributed by atoms with van der Waals surface area (Å²) in [7, 11) is 1.57. The molecule has 1 N–H and O–H groups in total. The van der Waals surface area contributed by atoms with E-state index in [0.29, 0.717) is 18.0 Å². The van der Waals surface area contributed by atoms with Crippen LogP contribution in [0.4, 0.5) is 5.69 Å². The van der Waals surface area contributed by atoms with Gasteiger partial charge in [0.15, 0.2) is 0 Å². The third-order valence-corrected chi connectivity index (χ3v) is 4.23. The fourth-order valence-electron chi connectivity index (χ4n) is 2.88. The number of nitrogens with one attached hydrogen (secondary N) is 1. The highest BCUT2D eigenvalue weighted by Gasteiger charge is 2.12. The molecule has 1 amide bonds. The van der Waals surface area contributed by atoms with Gasteiger partial charge in [-0.2, -0.15) is 5.26 Å². The van der Waals surface area contributed by atoms with E-state index in [9.17, 15) is 10.1 Å². The van der Waals surface area contributed by atoms with Gasteiger partial charge in [-0.15, -0.1) is 0 Å². The first kappa shape index (κ1) is 19.0. The zero-order valence-electron chi connectivity index (χ0n) is 15.7. The summed E-state index contributed by atoms with van der Waals surface area (Å²) in [6, 6.07) is 20.4. The van der Waals surface area contributed by atoms with E-state index in [1.54, 1.807) is 37.5 Å². The Labute approximate surface area is 163 Å². The maximum atomic E-state index is 12.6. The molecular weight excluding hydrogens is 352 g/mol. The molecule has 0 aromatic heterocycles. The Morgan fingerprint density at radius 2 is 1.79 bits per heavy atom. The van der Waals surface area contributed by atoms with Crippen LogP contribution in [0.15, 0.2) is 66.2 Å². The van der Waals surface area contributed by atoms with Crippen LogP contribution in [0.5, 0.6) is 11.5 Å². The minimum atomic E-state index is -0.467. The van der Waals surface area contributed by atoms with E-state index in [1.807, 2.05) is 49.4 Å². The van der Waals surface area contributed by atoms with Gasteiger partial charge in [-0.25, -0.2) is 0 Å². The van der Waals surface area contributed by atoms with Crippen molar-refractivity contribution in [2.45, 2.75) is 6.92 Å². The molecule has 0 fully saturated rings. The van der Waals surface area contributed by atoms with Crippen molar-refractivity contribution in [3.8, 4) is 17.6 Å². The Balaban J connectivity index is 1.92. The second-order valence-corrected chi connectivity index (χ2v) is 5.98. The van der Waals surface area contributed by atoms with Gasteiger partial charge in [-0.3, -0.25) is 4.79 Å². The third-order valence-electron chi connectivity index (χ3n) is 4.23. The number of anilines is 1. The van der Waals surface area contributed by atoms with E-state index in [2.05, 4.69) is 5.32 Å². The van der Waals surface area contributed by atoms with Crippen molar-refractivity contribution in [3.63, 3.8) is 0 Å². The van der Waals surface area contributed by atoms with E-state index in [-0.39, 0.29) is 5.57 Å². The monoisotopic (exact) mass is 372 g/mol. The van der Waals surface area contributed by atoms with Crippen molar-refractivity contribution in [2.75, 3.05) is 19.0 Å². The molecular formula is C23H20N2O3. The molecule has 0 atom stereocenters. The lowest BCUT2D eigenvalue weighted by molar-refractivity contribution is -0.112. The largest absolute Gasteiger partial charge is 0.497 e. The van der Waals surface area contributed by atoms with Crippen LogP contribution in [0.1, 0.15) is 12.5 Å². The number of fused-ring (bicyclic) bond motifs is 1. The average Bonchev–Trinajstić information content (AvgIpc) is 2.73. The van der Waals surface area contributed by atoms with E-state index in [0.717, 1.165) is 22.1 Å². The van der Waals surface area contributed by atoms with Gasteiger partial charge in [-0.05, 0) is 54.3 Å². The lowest BCUT2D eigenvalue weighted by Crippen LogP contribution is -2.13. The van der Waals surface area contributed by atoms with Crippen molar-refractivity contribution in [1.29, 1.82) is 5.26 Å². The molecule has 0 aliphatic rings. The Bertz CT molecular complexity index is 1060. The molecule has 5 nitrogen and oxygen atoms in total. The molecule has 28 heavy (non-hydrogen) atoms. The van der Waals surface area contributed by atoms with Crippen LogP contribution in [0, 0.1) is 11.3 Å². The molecule has 0 aliphatic heterocycles. The van der Waals surface area contributed by atoms with Gasteiger partial charge in [0.1, 0.15) is 23.1 Å². The van der Waals surface area contributed by atoms with E-state index in [1.165, 1.54) is 0 Å². The van der Waals surface area contributed by atoms with Crippen LogP contribution < -0.4 is 14.8 Å². The first-order valence-electron chi connectivity index (χ1n) is 8.88. The maximum absolute atomic E-state index is 12.6. The second-order valence-electron chi connectivity index (χ2n) is 5.98. The smallest absolute Gasteiger partial charge is 0.266 e. The Kier molecular flexibility index (Phi) is 5.93. The zero-order chi connectivity index (χ0) is 19.9. The molecule has 0 spiro atoms. The first-order valence-corrected chi connectivity index (χ1v) is 8.88. The summed E-state index contributed by atoms with van der Waals surface area (Å²) in [6.07, 6.45) is 1.59. The predicted molar refractivity (Wildman–Crippen MR) is 110 cm³/mol. The fraction of sp³-hybridized carbons (Fsp3) is 0.130. The van der Waals surface area contributed by atoms with Gasteiger partial charge in [0, 0.05) is 11.1 Å². The fourth-order valence-corrected chi connectivity index (χ4v) is 2.88. The van der Waals surface area contributed by atoms with E-state index < -0.39 is 5.91 Å². The Morgan fingerprint density at radius 1 is 1.07 bits per heavy atom. The van der Waals surface area contributed by atoms with Gasteiger partial charge < -0.3 is 14.8 Å². The molecule has 3 rings (SSSR count). The van der Waals surface area contributed by atoms with Crippen molar-refractivity contribution >= 4 is 28.4 Å². The minimum absolute atomic E-state index is 0.0186. The molecule has 0 unspecified atom stereocenters. The maximum Gasteiger partial charge on any atom is 0.266 e. The molecule has 0 saturated carbocycles. The summed E-state index contributed by atoms with van der Waals surface area (Å²) in [6.45, 7) is 2.49. The predicted octanol–water partition coefficient (Wildman–Crippen LogP) is 4.79. The van der Waals surface area contributed by atoms with Crippen LogP contribution in [-0.2, 0) is 4.79 Å².